The van der Waals surface area contributed by atoms with Gasteiger partial charge in [-0.25, -0.2) is 0 Å². The highest BCUT2D eigenvalue weighted by Gasteiger charge is 2.30. The van der Waals surface area contributed by atoms with E-state index < -0.39 is 5.60 Å². The zero-order chi connectivity index (χ0) is 15.3. The van der Waals surface area contributed by atoms with Crippen molar-refractivity contribution in [2.75, 3.05) is 6.61 Å². The first-order valence-electron chi connectivity index (χ1n) is 6.63. The third kappa shape index (κ3) is 4.23. The lowest BCUT2D eigenvalue weighted by Gasteiger charge is -2.30. The molecule has 4 heteroatoms. The van der Waals surface area contributed by atoms with Gasteiger partial charge in [0.25, 0.3) is 0 Å². The number of rotatable bonds is 5. The van der Waals surface area contributed by atoms with Crippen molar-refractivity contribution in [2.45, 2.75) is 19.4 Å². The summed E-state index contributed by atoms with van der Waals surface area (Å²) in [5.74, 6) is 0.328. The Morgan fingerprint density at radius 2 is 1.71 bits per heavy atom. The second-order valence-electron chi connectivity index (χ2n) is 4.93. The number of benzene rings is 2. The molecule has 1 unspecified atom stereocenters. The van der Waals surface area contributed by atoms with Crippen LogP contribution in [0.1, 0.15) is 19.4 Å². The second kappa shape index (κ2) is 6.64. The van der Waals surface area contributed by atoms with Gasteiger partial charge in [-0.1, -0.05) is 41.9 Å². The molecule has 0 aliphatic carbocycles. The van der Waals surface area contributed by atoms with E-state index >= 15 is 0 Å². The molecule has 0 saturated carbocycles. The summed E-state index contributed by atoms with van der Waals surface area (Å²) >= 11 is 5.88. The average Bonchev–Trinajstić information content (AvgIpc) is 2.49. The molecule has 110 valence electrons. The molecule has 1 atom stereocenters. The second-order valence-corrected chi connectivity index (χ2v) is 5.37. The van der Waals surface area contributed by atoms with Crippen molar-refractivity contribution in [1.29, 1.82) is 0 Å². The lowest BCUT2D eigenvalue weighted by atomic mass is 9.96. The van der Waals surface area contributed by atoms with Crippen molar-refractivity contribution in [1.82, 2.24) is 0 Å². The van der Waals surface area contributed by atoms with Gasteiger partial charge < -0.3 is 9.47 Å². The van der Waals surface area contributed by atoms with Gasteiger partial charge in [0.2, 0.25) is 0 Å². The van der Waals surface area contributed by atoms with Crippen molar-refractivity contribution >= 4 is 17.6 Å². The van der Waals surface area contributed by atoms with E-state index in [1.807, 2.05) is 37.3 Å². The summed E-state index contributed by atoms with van der Waals surface area (Å²) in [4.78, 5) is 11.1. The van der Waals surface area contributed by atoms with Crippen LogP contribution >= 0.6 is 11.6 Å². The molecule has 2 aromatic rings. The van der Waals surface area contributed by atoms with Crippen molar-refractivity contribution in [3.8, 4) is 5.75 Å². The molecule has 0 amide bonds. The Labute approximate surface area is 129 Å². The highest BCUT2D eigenvalue weighted by atomic mass is 35.5. The third-order valence-corrected chi connectivity index (χ3v) is 3.34. The van der Waals surface area contributed by atoms with E-state index in [2.05, 4.69) is 0 Å². The smallest absolute Gasteiger partial charge is 0.302 e. The van der Waals surface area contributed by atoms with Crippen LogP contribution in [0.4, 0.5) is 0 Å². The van der Waals surface area contributed by atoms with E-state index in [0.29, 0.717) is 10.8 Å². The van der Waals surface area contributed by atoms with Gasteiger partial charge in [0.1, 0.15) is 12.4 Å². The normalized spacial score (nSPS) is 13.3. The van der Waals surface area contributed by atoms with Gasteiger partial charge >= 0.3 is 5.97 Å². The van der Waals surface area contributed by atoms with Crippen LogP contribution in [0.25, 0.3) is 0 Å². The van der Waals surface area contributed by atoms with E-state index in [4.69, 9.17) is 21.1 Å². The van der Waals surface area contributed by atoms with Gasteiger partial charge in [-0.3, -0.25) is 4.79 Å². The SMILES string of the molecule is CC(=O)OCC(C)(Oc1ccc(Cl)cc1)c1ccccc1. The van der Waals surface area contributed by atoms with Gasteiger partial charge in [0.15, 0.2) is 5.60 Å². The van der Waals surface area contributed by atoms with E-state index in [0.717, 1.165) is 5.56 Å². The van der Waals surface area contributed by atoms with E-state index in [9.17, 15) is 4.79 Å². The molecule has 0 N–H and O–H groups in total. The van der Waals surface area contributed by atoms with Crippen LogP contribution in [-0.2, 0) is 15.1 Å². The number of carbonyl (C=O) groups is 1. The summed E-state index contributed by atoms with van der Waals surface area (Å²) in [6.07, 6.45) is 0. The molecule has 0 aliphatic heterocycles. The standard InChI is InChI=1S/C17H17ClO3/c1-13(19)20-12-17(2,14-6-4-3-5-7-14)21-16-10-8-15(18)9-11-16/h3-11H,12H2,1-2H3. The van der Waals surface area contributed by atoms with Crippen LogP contribution in [0, 0.1) is 0 Å². The van der Waals surface area contributed by atoms with Crippen molar-refractivity contribution in [2.24, 2.45) is 0 Å². The minimum atomic E-state index is -0.763. The summed E-state index contributed by atoms with van der Waals surface area (Å²) in [6.45, 7) is 3.41. The molecule has 0 aromatic heterocycles. The van der Waals surface area contributed by atoms with E-state index in [1.165, 1.54) is 6.92 Å². The van der Waals surface area contributed by atoms with Crippen LogP contribution in [0.5, 0.6) is 5.75 Å². The maximum Gasteiger partial charge on any atom is 0.302 e. The van der Waals surface area contributed by atoms with E-state index in [-0.39, 0.29) is 12.6 Å². The van der Waals surface area contributed by atoms with Crippen molar-refractivity contribution in [3.63, 3.8) is 0 Å². The predicted molar refractivity (Wildman–Crippen MR) is 82.5 cm³/mol. The first-order chi connectivity index (χ1) is 9.99. The molecule has 0 bridgehead atoms. The molecule has 0 saturated heterocycles. The van der Waals surface area contributed by atoms with Crippen LogP contribution < -0.4 is 4.74 Å². The topological polar surface area (TPSA) is 35.5 Å². The Hall–Kier alpha value is -2.00. The number of hydrogen-bond donors (Lipinski definition) is 0. The molecular formula is C17H17ClO3. The summed E-state index contributed by atoms with van der Waals surface area (Å²) in [7, 11) is 0. The van der Waals surface area contributed by atoms with Gasteiger partial charge in [-0.15, -0.1) is 0 Å². The van der Waals surface area contributed by atoms with E-state index in [1.54, 1.807) is 24.3 Å². The fraction of sp³-hybridized carbons (Fsp3) is 0.235. The number of carbonyl (C=O) groups excluding carboxylic acids is 1. The molecule has 2 rings (SSSR count). The molecule has 0 radical (unpaired) electrons. The van der Waals surface area contributed by atoms with Crippen molar-refractivity contribution in [3.05, 3.63) is 65.2 Å². The lowest BCUT2D eigenvalue weighted by Crippen LogP contribution is -2.35. The van der Waals surface area contributed by atoms with Crippen LogP contribution in [0.3, 0.4) is 0 Å². The number of ether oxygens (including phenoxy) is 2. The molecule has 0 heterocycles. The molecule has 21 heavy (non-hydrogen) atoms. The van der Waals surface area contributed by atoms with Crippen LogP contribution in [0.2, 0.25) is 5.02 Å². The van der Waals surface area contributed by atoms with Gasteiger partial charge in [0.05, 0.1) is 0 Å². The molecule has 0 spiro atoms. The van der Waals surface area contributed by atoms with Gasteiger partial charge in [-0.2, -0.15) is 0 Å². The van der Waals surface area contributed by atoms with Gasteiger partial charge in [0, 0.05) is 11.9 Å². The predicted octanol–water partition coefficient (Wildman–Crippen LogP) is 4.20. The zero-order valence-corrected chi connectivity index (χ0v) is 12.8. The Balaban J connectivity index is 2.27. The molecular weight excluding hydrogens is 288 g/mol. The summed E-state index contributed by atoms with van der Waals surface area (Å²) < 4.78 is 11.2. The molecule has 0 fully saturated rings. The zero-order valence-electron chi connectivity index (χ0n) is 12.0. The fourth-order valence-corrected chi connectivity index (χ4v) is 2.09. The van der Waals surface area contributed by atoms with Crippen molar-refractivity contribution < 1.29 is 14.3 Å². The number of halogens is 1. The maximum absolute atomic E-state index is 11.1. The fourth-order valence-electron chi connectivity index (χ4n) is 1.96. The number of esters is 1. The van der Waals surface area contributed by atoms with Crippen LogP contribution in [0.15, 0.2) is 54.6 Å². The highest BCUT2D eigenvalue weighted by molar-refractivity contribution is 6.30. The Bertz CT molecular complexity index is 595. The monoisotopic (exact) mass is 304 g/mol. The third-order valence-electron chi connectivity index (χ3n) is 3.09. The summed E-state index contributed by atoms with van der Waals surface area (Å²) in [5.41, 5.74) is 0.169. The molecule has 2 aromatic carbocycles. The Morgan fingerprint density at radius 1 is 1.10 bits per heavy atom. The highest BCUT2D eigenvalue weighted by Crippen LogP contribution is 2.29. The Morgan fingerprint density at radius 3 is 2.29 bits per heavy atom. The quantitative estimate of drug-likeness (QED) is 0.777. The first kappa shape index (κ1) is 15.4. The largest absolute Gasteiger partial charge is 0.479 e. The Kier molecular flexibility index (Phi) is 4.86. The van der Waals surface area contributed by atoms with Crippen LogP contribution in [-0.4, -0.2) is 12.6 Å². The minimum Gasteiger partial charge on any atom is -0.479 e. The minimum absolute atomic E-state index is 0.134. The molecule has 3 nitrogen and oxygen atoms in total. The summed E-state index contributed by atoms with van der Waals surface area (Å²) in [6, 6.07) is 16.8. The summed E-state index contributed by atoms with van der Waals surface area (Å²) in [5, 5.41) is 0.642. The first-order valence-corrected chi connectivity index (χ1v) is 7.01. The maximum atomic E-state index is 11.1. The lowest BCUT2D eigenvalue weighted by molar-refractivity contribution is -0.147. The average molecular weight is 305 g/mol. The number of hydrogen-bond acceptors (Lipinski definition) is 3. The molecule has 0 aliphatic rings. The van der Waals surface area contributed by atoms with Gasteiger partial charge in [-0.05, 0) is 36.8 Å².